The summed E-state index contributed by atoms with van der Waals surface area (Å²) in [4.78, 5) is 46.4. The average Bonchev–Trinajstić information content (AvgIpc) is 3.84. The number of hydrogen-bond donors (Lipinski definition) is 2. The normalized spacial score (nSPS) is 10.7. The number of nitrogens with zero attached hydrogens (tertiary/aromatic N) is 3. The largest absolute Gasteiger partial charge is 0.489 e. The second kappa shape index (κ2) is 17.6. The fourth-order valence-corrected chi connectivity index (χ4v) is 6.66. The predicted octanol–water partition coefficient (Wildman–Crippen LogP) is 9.62. The maximum atomic E-state index is 13.7. The number of hydrogen-bond acceptors (Lipinski definition) is 7. The van der Waals surface area contributed by atoms with Crippen molar-refractivity contribution in [3.63, 3.8) is 0 Å². The number of aliphatic carboxylic acids is 2. The van der Waals surface area contributed by atoms with Crippen molar-refractivity contribution in [2.24, 2.45) is 0 Å². The van der Waals surface area contributed by atoms with Crippen LogP contribution in [0.2, 0.25) is 5.02 Å². The molecule has 60 heavy (non-hydrogen) atoms. The fourth-order valence-electron chi connectivity index (χ4n) is 6.44. The highest BCUT2D eigenvalue weighted by atomic mass is 35.5. The Labute approximate surface area is 346 Å². The SMILES string of the molecule is N#Cc1ccc(COc2ccc(-n3cc(C(=O)C(=O)O)c4cc(F)ccc43)cc2)cc1.O=C(O)C(=O)c1cn(-c2ccc(OCc3cccc(Cl)c3)cc2)c2ccccc12. The third kappa shape index (κ3) is 8.92. The number of ether oxygens (including phenoxy) is 2. The van der Waals surface area contributed by atoms with Crippen LogP contribution < -0.4 is 9.47 Å². The molecule has 13 heteroatoms. The molecule has 0 unspecified atom stereocenters. The van der Waals surface area contributed by atoms with Crippen molar-refractivity contribution in [1.29, 1.82) is 5.26 Å². The van der Waals surface area contributed by atoms with Crippen molar-refractivity contribution >= 4 is 56.9 Å². The van der Waals surface area contributed by atoms with E-state index < -0.39 is 29.3 Å². The van der Waals surface area contributed by atoms with Crippen LogP contribution in [0.5, 0.6) is 11.5 Å². The first-order chi connectivity index (χ1) is 29.0. The summed E-state index contributed by atoms with van der Waals surface area (Å²) in [5, 5.41) is 28.5. The second-order valence-corrected chi connectivity index (χ2v) is 13.7. The predicted molar refractivity (Wildman–Crippen MR) is 222 cm³/mol. The Morgan fingerprint density at radius 2 is 1.13 bits per heavy atom. The Hall–Kier alpha value is -8.01. The molecule has 0 fully saturated rings. The summed E-state index contributed by atoms with van der Waals surface area (Å²) >= 11 is 5.99. The molecule has 8 rings (SSSR count). The lowest BCUT2D eigenvalue weighted by Crippen LogP contribution is -2.12. The van der Waals surface area contributed by atoms with E-state index in [1.807, 2.05) is 72.8 Å². The lowest BCUT2D eigenvalue weighted by Gasteiger charge is -2.09. The van der Waals surface area contributed by atoms with Gasteiger partial charge in [0, 0.05) is 39.6 Å². The van der Waals surface area contributed by atoms with E-state index in [4.69, 9.17) is 36.5 Å². The number of Topliss-reactive ketones (excluding diaryl/α,β-unsaturated/α-hetero) is 2. The molecule has 0 aliphatic rings. The van der Waals surface area contributed by atoms with Gasteiger partial charge in [0.1, 0.15) is 30.5 Å². The summed E-state index contributed by atoms with van der Waals surface area (Å²) in [6, 6.07) is 42.1. The number of benzene rings is 6. The first-order valence-electron chi connectivity index (χ1n) is 18.1. The number of aromatic nitrogens is 2. The number of halogens is 2. The zero-order chi connectivity index (χ0) is 42.3. The molecule has 2 aromatic heterocycles. The molecular weight excluding hydrogens is 789 g/mol. The van der Waals surface area contributed by atoms with Gasteiger partial charge in [-0.25, -0.2) is 14.0 Å². The van der Waals surface area contributed by atoms with Crippen LogP contribution in [-0.4, -0.2) is 42.9 Å². The topological polar surface area (TPSA) is 161 Å². The fraction of sp³-hybridized carbons (Fsp3) is 0.0426. The summed E-state index contributed by atoms with van der Waals surface area (Å²) < 4.78 is 28.7. The van der Waals surface area contributed by atoms with E-state index in [2.05, 4.69) is 6.07 Å². The van der Waals surface area contributed by atoms with Crippen molar-refractivity contribution in [2.75, 3.05) is 0 Å². The van der Waals surface area contributed by atoms with Crippen LogP contribution in [0.3, 0.4) is 0 Å². The van der Waals surface area contributed by atoms with Crippen LogP contribution in [0.4, 0.5) is 4.39 Å². The quantitative estimate of drug-likeness (QED) is 0.0904. The van der Waals surface area contributed by atoms with E-state index in [0.29, 0.717) is 51.9 Å². The molecule has 0 amide bonds. The number of carboxylic acid groups (broad SMARTS) is 2. The van der Waals surface area contributed by atoms with Gasteiger partial charge in [-0.2, -0.15) is 5.26 Å². The molecule has 296 valence electrons. The Morgan fingerprint density at radius 1 is 0.600 bits per heavy atom. The van der Waals surface area contributed by atoms with Gasteiger partial charge in [-0.15, -0.1) is 0 Å². The zero-order valence-electron chi connectivity index (χ0n) is 31.3. The number of nitriles is 1. The Kier molecular flexibility index (Phi) is 11.8. The van der Waals surface area contributed by atoms with Crippen LogP contribution in [-0.2, 0) is 22.8 Å². The highest BCUT2D eigenvalue weighted by Gasteiger charge is 2.23. The Balaban J connectivity index is 0.000000182. The van der Waals surface area contributed by atoms with E-state index in [1.165, 1.54) is 18.3 Å². The van der Waals surface area contributed by atoms with E-state index in [-0.39, 0.29) is 16.5 Å². The number of ketones is 2. The van der Waals surface area contributed by atoms with Gasteiger partial charge in [0.15, 0.2) is 0 Å². The summed E-state index contributed by atoms with van der Waals surface area (Å²) in [5.41, 5.74) is 5.26. The van der Waals surface area contributed by atoms with E-state index in [0.717, 1.165) is 28.4 Å². The molecule has 0 saturated carbocycles. The van der Waals surface area contributed by atoms with Crippen molar-refractivity contribution in [2.45, 2.75) is 13.2 Å². The highest BCUT2D eigenvalue weighted by molar-refractivity contribution is 6.43. The van der Waals surface area contributed by atoms with E-state index >= 15 is 0 Å². The van der Waals surface area contributed by atoms with Crippen LogP contribution >= 0.6 is 11.6 Å². The lowest BCUT2D eigenvalue weighted by molar-refractivity contribution is -0.132. The van der Waals surface area contributed by atoms with Gasteiger partial charge in [-0.3, -0.25) is 9.59 Å². The summed E-state index contributed by atoms with van der Waals surface area (Å²) in [5.74, 6) is -4.37. The van der Waals surface area contributed by atoms with Gasteiger partial charge in [0.25, 0.3) is 11.6 Å². The molecule has 0 atom stereocenters. The van der Waals surface area contributed by atoms with Gasteiger partial charge in [0.2, 0.25) is 0 Å². The molecule has 8 aromatic rings. The maximum absolute atomic E-state index is 13.7. The Bertz CT molecular complexity index is 2950. The summed E-state index contributed by atoms with van der Waals surface area (Å²) in [6.07, 6.45) is 2.95. The Morgan fingerprint density at radius 3 is 1.68 bits per heavy atom. The molecule has 0 bridgehead atoms. The second-order valence-electron chi connectivity index (χ2n) is 13.3. The average molecular weight is 820 g/mol. The molecule has 2 heterocycles. The third-order valence-corrected chi connectivity index (χ3v) is 9.60. The van der Waals surface area contributed by atoms with Crippen LogP contribution in [0.15, 0.2) is 152 Å². The summed E-state index contributed by atoms with van der Waals surface area (Å²) in [7, 11) is 0. The maximum Gasteiger partial charge on any atom is 0.377 e. The first-order valence-corrected chi connectivity index (χ1v) is 18.5. The minimum Gasteiger partial charge on any atom is -0.489 e. The zero-order valence-corrected chi connectivity index (χ0v) is 32.0. The van der Waals surface area contributed by atoms with Gasteiger partial charge in [0.05, 0.1) is 33.8 Å². The minimum atomic E-state index is -1.60. The highest BCUT2D eigenvalue weighted by Crippen LogP contribution is 2.29. The van der Waals surface area contributed by atoms with Gasteiger partial charge < -0.3 is 28.8 Å². The van der Waals surface area contributed by atoms with Gasteiger partial charge in [-0.05, 0) is 108 Å². The summed E-state index contributed by atoms with van der Waals surface area (Å²) in [6.45, 7) is 0.720. The van der Waals surface area contributed by atoms with Crippen LogP contribution in [0.25, 0.3) is 33.2 Å². The van der Waals surface area contributed by atoms with Gasteiger partial charge in [-0.1, -0.05) is 54.1 Å². The van der Waals surface area contributed by atoms with E-state index in [9.17, 15) is 23.6 Å². The number of fused-ring (bicyclic) bond motifs is 2. The molecule has 0 radical (unpaired) electrons. The smallest absolute Gasteiger partial charge is 0.377 e. The number of carbonyl (C=O) groups excluding carboxylic acids is 2. The monoisotopic (exact) mass is 819 g/mol. The van der Waals surface area contributed by atoms with Crippen LogP contribution in [0.1, 0.15) is 37.4 Å². The van der Waals surface area contributed by atoms with Crippen molar-refractivity contribution < 1.29 is 43.3 Å². The molecule has 2 N–H and O–H groups in total. The van der Waals surface area contributed by atoms with Crippen molar-refractivity contribution in [3.8, 4) is 28.9 Å². The number of carbonyl (C=O) groups is 4. The number of para-hydroxylation sites is 1. The molecule has 11 nitrogen and oxygen atoms in total. The lowest BCUT2D eigenvalue weighted by atomic mass is 10.1. The van der Waals surface area contributed by atoms with E-state index in [1.54, 1.807) is 63.9 Å². The van der Waals surface area contributed by atoms with Gasteiger partial charge >= 0.3 is 11.9 Å². The van der Waals surface area contributed by atoms with Crippen molar-refractivity contribution in [1.82, 2.24) is 9.13 Å². The number of carboxylic acids is 2. The van der Waals surface area contributed by atoms with Crippen molar-refractivity contribution in [3.05, 3.63) is 191 Å². The number of rotatable bonds is 12. The minimum absolute atomic E-state index is 0.0804. The molecule has 0 spiro atoms. The molecule has 0 saturated heterocycles. The van der Waals surface area contributed by atoms with Crippen LogP contribution in [0, 0.1) is 17.1 Å². The first kappa shape index (κ1) is 40.2. The molecule has 6 aromatic carbocycles. The molecular formula is C47H31ClFN3O8. The standard InChI is InChI=1S/C24H15FN2O4.C23H16ClNO4/c25-17-5-10-22-20(11-17)21(23(28)24(29)30)13-27(22)18-6-8-19(9-7-18)31-14-16-3-1-15(12-26)2-4-16;24-16-5-3-4-15(12-16)14-29-18-10-8-17(9-11-18)25-13-20(22(26)23(27)28)19-6-1-2-7-21(19)25/h1-11,13H,14H2,(H,29,30);1-13H,14H2,(H,27,28). The molecule has 0 aliphatic heterocycles. The third-order valence-electron chi connectivity index (χ3n) is 9.37. The molecule has 0 aliphatic carbocycles.